The van der Waals surface area contributed by atoms with Crippen LogP contribution in [0.15, 0.2) is 48.5 Å². The minimum Gasteiger partial charge on any atom is -0.489 e. The number of hydrogen-bond donors (Lipinski definition) is 2. The molecule has 1 amide bonds. The number of carbonyl (C=O) groups excluding carboxylic acids is 1. The van der Waals surface area contributed by atoms with E-state index in [1.807, 2.05) is 6.92 Å². The van der Waals surface area contributed by atoms with Gasteiger partial charge in [0.1, 0.15) is 18.2 Å². The fraction of sp³-hybridized carbons (Fsp3) is 0.278. The molecular weight excluding hydrogens is 295 g/mol. The second kappa shape index (κ2) is 8.29. The van der Waals surface area contributed by atoms with Crippen LogP contribution in [-0.4, -0.2) is 11.9 Å². The molecule has 23 heavy (non-hydrogen) atoms. The summed E-state index contributed by atoms with van der Waals surface area (Å²) >= 11 is 0. The molecule has 0 aliphatic rings. The van der Waals surface area contributed by atoms with Gasteiger partial charge in [0, 0.05) is 11.3 Å². The van der Waals surface area contributed by atoms with Gasteiger partial charge in [0.05, 0.1) is 6.04 Å². The van der Waals surface area contributed by atoms with E-state index in [2.05, 4.69) is 5.32 Å². The number of anilines is 1. The van der Waals surface area contributed by atoms with Gasteiger partial charge in [-0.25, -0.2) is 4.39 Å². The van der Waals surface area contributed by atoms with Crippen LogP contribution < -0.4 is 15.8 Å². The molecule has 2 rings (SSSR count). The van der Waals surface area contributed by atoms with Crippen LogP contribution in [0.25, 0.3) is 0 Å². The highest BCUT2D eigenvalue weighted by Gasteiger charge is 2.12. The van der Waals surface area contributed by atoms with E-state index in [0.717, 1.165) is 6.42 Å². The van der Waals surface area contributed by atoms with Gasteiger partial charge in [0.25, 0.3) is 0 Å². The zero-order chi connectivity index (χ0) is 16.7. The average Bonchev–Trinajstić information content (AvgIpc) is 2.55. The highest BCUT2D eigenvalue weighted by atomic mass is 19.1. The summed E-state index contributed by atoms with van der Waals surface area (Å²) in [4.78, 5) is 11.8. The Morgan fingerprint density at radius 3 is 2.57 bits per heavy atom. The van der Waals surface area contributed by atoms with Crippen LogP contribution in [0, 0.1) is 5.82 Å². The van der Waals surface area contributed by atoms with Gasteiger partial charge in [-0.15, -0.1) is 0 Å². The van der Waals surface area contributed by atoms with Crippen LogP contribution in [0.1, 0.15) is 25.3 Å². The van der Waals surface area contributed by atoms with Gasteiger partial charge in [0.2, 0.25) is 5.91 Å². The first kappa shape index (κ1) is 17.0. The predicted molar refractivity (Wildman–Crippen MR) is 88.7 cm³/mol. The van der Waals surface area contributed by atoms with E-state index in [9.17, 15) is 9.18 Å². The summed E-state index contributed by atoms with van der Waals surface area (Å²) in [5.74, 6) is 0.109. The van der Waals surface area contributed by atoms with Crippen LogP contribution in [-0.2, 0) is 11.4 Å². The van der Waals surface area contributed by atoms with E-state index in [0.29, 0.717) is 23.4 Å². The second-order valence-electron chi connectivity index (χ2n) is 5.29. The molecule has 2 aromatic rings. The quantitative estimate of drug-likeness (QED) is 0.822. The molecule has 122 valence electrons. The van der Waals surface area contributed by atoms with Crippen molar-refractivity contribution in [3.05, 3.63) is 59.9 Å². The molecule has 4 nitrogen and oxygen atoms in total. The zero-order valence-electron chi connectivity index (χ0n) is 13.1. The number of benzene rings is 2. The van der Waals surface area contributed by atoms with Crippen LogP contribution in [0.5, 0.6) is 5.75 Å². The largest absolute Gasteiger partial charge is 0.489 e. The summed E-state index contributed by atoms with van der Waals surface area (Å²) in [6, 6.07) is 12.9. The molecule has 0 heterocycles. The molecule has 0 radical (unpaired) electrons. The van der Waals surface area contributed by atoms with Crippen molar-refractivity contribution in [3.8, 4) is 5.75 Å². The first-order chi connectivity index (χ1) is 11.1. The molecule has 1 atom stereocenters. The number of hydrogen-bond acceptors (Lipinski definition) is 3. The highest BCUT2D eigenvalue weighted by Crippen LogP contribution is 2.18. The third-order valence-corrected chi connectivity index (χ3v) is 3.41. The maximum atomic E-state index is 13.5. The van der Waals surface area contributed by atoms with Crippen LogP contribution in [0.3, 0.4) is 0 Å². The Morgan fingerprint density at radius 1 is 1.22 bits per heavy atom. The normalized spacial score (nSPS) is 11.8. The molecule has 0 aliphatic heterocycles. The Labute approximate surface area is 135 Å². The number of nitrogens with one attached hydrogen (secondary N) is 1. The van der Waals surface area contributed by atoms with Crippen molar-refractivity contribution >= 4 is 11.6 Å². The van der Waals surface area contributed by atoms with E-state index in [4.69, 9.17) is 10.5 Å². The van der Waals surface area contributed by atoms with Crippen molar-refractivity contribution < 1.29 is 13.9 Å². The van der Waals surface area contributed by atoms with Gasteiger partial charge in [-0.05, 0) is 36.8 Å². The number of amides is 1. The standard InChI is InChI=1S/C18H21FN2O2/c1-2-5-17(20)18(22)21-14-8-10-15(11-9-14)23-12-13-6-3-4-7-16(13)19/h3-4,6-11,17H,2,5,12,20H2,1H3,(H,21,22). The van der Waals surface area contributed by atoms with Gasteiger partial charge in [-0.1, -0.05) is 31.5 Å². The molecule has 0 saturated carbocycles. The van der Waals surface area contributed by atoms with Gasteiger partial charge in [-0.2, -0.15) is 0 Å². The van der Waals surface area contributed by atoms with E-state index in [1.165, 1.54) is 6.07 Å². The van der Waals surface area contributed by atoms with Gasteiger partial charge in [0.15, 0.2) is 0 Å². The molecule has 0 aromatic heterocycles. The SMILES string of the molecule is CCCC(N)C(=O)Nc1ccc(OCc2ccccc2F)cc1. The maximum absolute atomic E-state index is 13.5. The lowest BCUT2D eigenvalue weighted by molar-refractivity contribution is -0.117. The Morgan fingerprint density at radius 2 is 1.91 bits per heavy atom. The number of ether oxygens (including phenoxy) is 1. The summed E-state index contributed by atoms with van der Waals surface area (Å²) in [5, 5.41) is 2.76. The van der Waals surface area contributed by atoms with Gasteiger partial charge < -0.3 is 15.8 Å². The first-order valence-electron chi connectivity index (χ1n) is 7.63. The van der Waals surface area contributed by atoms with Crippen molar-refractivity contribution in [3.63, 3.8) is 0 Å². The lowest BCUT2D eigenvalue weighted by Crippen LogP contribution is -2.35. The van der Waals surface area contributed by atoms with Gasteiger partial charge >= 0.3 is 0 Å². The van der Waals surface area contributed by atoms with E-state index < -0.39 is 6.04 Å². The summed E-state index contributed by atoms with van der Waals surface area (Å²) < 4.78 is 19.0. The topological polar surface area (TPSA) is 64.4 Å². The summed E-state index contributed by atoms with van der Waals surface area (Å²) in [5.41, 5.74) is 6.91. The number of halogens is 1. The Kier molecular flexibility index (Phi) is 6.11. The second-order valence-corrected chi connectivity index (χ2v) is 5.29. The summed E-state index contributed by atoms with van der Waals surface area (Å²) in [6.45, 7) is 2.13. The molecule has 0 saturated heterocycles. The Hall–Kier alpha value is -2.40. The maximum Gasteiger partial charge on any atom is 0.241 e. The molecule has 0 fully saturated rings. The zero-order valence-corrected chi connectivity index (χ0v) is 13.1. The molecule has 3 N–H and O–H groups in total. The van der Waals surface area contributed by atoms with Crippen LogP contribution in [0.4, 0.5) is 10.1 Å². The first-order valence-corrected chi connectivity index (χ1v) is 7.63. The minimum absolute atomic E-state index is 0.153. The molecule has 0 spiro atoms. The average molecular weight is 316 g/mol. The number of nitrogens with two attached hydrogens (primary N) is 1. The van der Waals surface area contributed by atoms with Crippen molar-refractivity contribution in [1.29, 1.82) is 0 Å². The summed E-state index contributed by atoms with van der Waals surface area (Å²) in [7, 11) is 0. The van der Waals surface area contributed by atoms with Crippen molar-refractivity contribution in [1.82, 2.24) is 0 Å². The number of rotatable bonds is 7. The lowest BCUT2D eigenvalue weighted by Gasteiger charge is -2.12. The fourth-order valence-electron chi connectivity index (χ4n) is 2.09. The monoisotopic (exact) mass is 316 g/mol. The van der Waals surface area contributed by atoms with Crippen LogP contribution >= 0.6 is 0 Å². The highest BCUT2D eigenvalue weighted by molar-refractivity contribution is 5.94. The van der Waals surface area contributed by atoms with Crippen molar-refractivity contribution in [2.24, 2.45) is 5.73 Å². The fourth-order valence-corrected chi connectivity index (χ4v) is 2.09. The lowest BCUT2D eigenvalue weighted by atomic mass is 10.1. The molecule has 5 heteroatoms. The van der Waals surface area contributed by atoms with E-state index in [1.54, 1.807) is 42.5 Å². The van der Waals surface area contributed by atoms with Gasteiger partial charge in [-0.3, -0.25) is 4.79 Å². The molecule has 1 unspecified atom stereocenters. The Balaban J connectivity index is 1.89. The number of carbonyl (C=O) groups is 1. The Bertz CT molecular complexity index is 644. The van der Waals surface area contributed by atoms with Crippen molar-refractivity contribution in [2.45, 2.75) is 32.4 Å². The van der Waals surface area contributed by atoms with E-state index in [-0.39, 0.29) is 18.3 Å². The summed E-state index contributed by atoms with van der Waals surface area (Å²) in [6.07, 6.45) is 1.51. The smallest absolute Gasteiger partial charge is 0.241 e. The minimum atomic E-state index is -0.503. The molecule has 2 aromatic carbocycles. The molecular formula is C18H21FN2O2. The van der Waals surface area contributed by atoms with Crippen LogP contribution in [0.2, 0.25) is 0 Å². The molecule has 0 bridgehead atoms. The predicted octanol–water partition coefficient (Wildman–Crippen LogP) is 3.47. The van der Waals surface area contributed by atoms with Crippen molar-refractivity contribution in [2.75, 3.05) is 5.32 Å². The molecule has 0 aliphatic carbocycles. The third-order valence-electron chi connectivity index (χ3n) is 3.41. The third kappa shape index (κ3) is 5.07. The van der Waals surface area contributed by atoms with E-state index >= 15 is 0 Å².